The second-order valence-corrected chi connectivity index (χ2v) is 5.59. The summed E-state index contributed by atoms with van der Waals surface area (Å²) in [6.45, 7) is 8.04. The second-order valence-electron chi connectivity index (χ2n) is 5.59. The first kappa shape index (κ1) is 14.0. The van der Waals surface area contributed by atoms with Crippen molar-refractivity contribution in [3.8, 4) is 0 Å². The van der Waals surface area contributed by atoms with Gasteiger partial charge in [-0.05, 0) is 19.4 Å². The van der Waals surface area contributed by atoms with Crippen molar-refractivity contribution in [1.29, 1.82) is 0 Å². The molecule has 1 fully saturated rings. The molecule has 0 aliphatic carbocycles. The maximum Gasteiger partial charge on any atom is 0.0412 e. The normalized spacial score (nSPS) is 19.7. The SMILES string of the molecule is CCCCCCCCN1CC(N)(CCC)C1. The van der Waals surface area contributed by atoms with Gasteiger partial charge in [-0.25, -0.2) is 0 Å². The van der Waals surface area contributed by atoms with E-state index >= 15 is 0 Å². The Kier molecular flexibility index (Phi) is 6.37. The largest absolute Gasteiger partial charge is 0.323 e. The average Bonchev–Trinajstić information content (AvgIpc) is 2.21. The molecule has 2 N–H and O–H groups in total. The van der Waals surface area contributed by atoms with Crippen LogP contribution in [0.3, 0.4) is 0 Å². The lowest BCUT2D eigenvalue weighted by molar-refractivity contribution is 0.0623. The predicted molar refractivity (Wildman–Crippen MR) is 71.6 cm³/mol. The Morgan fingerprint density at radius 3 is 2.19 bits per heavy atom. The van der Waals surface area contributed by atoms with Gasteiger partial charge in [-0.2, -0.15) is 0 Å². The van der Waals surface area contributed by atoms with Crippen LogP contribution in [0.5, 0.6) is 0 Å². The van der Waals surface area contributed by atoms with E-state index < -0.39 is 0 Å². The molecule has 1 saturated heterocycles. The highest BCUT2D eigenvalue weighted by Gasteiger charge is 2.37. The number of rotatable bonds is 9. The van der Waals surface area contributed by atoms with Gasteiger partial charge in [0, 0.05) is 18.6 Å². The lowest BCUT2D eigenvalue weighted by atomic mass is 9.86. The molecule has 0 aromatic carbocycles. The van der Waals surface area contributed by atoms with E-state index in [-0.39, 0.29) is 5.54 Å². The minimum Gasteiger partial charge on any atom is -0.323 e. The van der Waals surface area contributed by atoms with E-state index in [1.807, 2.05) is 0 Å². The van der Waals surface area contributed by atoms with Crippen molar-refractivity contribution in [1.82, 2.24) is 4.90 Å². The summed E-state index contributed by atoms with van der Waals surface area (Å²) in [5.41, 5.74) is 6.40. The molecule has 0 aromatic rings. The third-order valence-electron chi connectivity index (χ3n) is 3.65. The van der Waals surface area contributed by atoms with Gasteiger partial charge in [0.25, 0.3) is 0 Å². The number of hydrogen-bond donors (Lipinski definition) is 1. The summed E-state index contributed by atoms with van der Waals surface area (Å²) in [5, 5.41) is 0. The van der Waals surface area contributed by atoms with Crippen molar-refractivity contribution < 1.29 is 0 Å². The lowest BCUT2D eigenvalue weighted by Crippen LogP contribution is -2.67. The minimum atomic E-state index is 0.164. The van der Waals surface area contributed by atoms with Gasteiger partial charge in [-0.15, -0.1) is 0 Å². The Bertz CT molecular complexity index is 174. The molecule has 0 spiro atoms. The number of hydrogen-bond acceptors (Lipinski definition) is 2. The van der Waals surface area contributed by atoms with Gasteiger partial charge >= 0.3 is 0 Å². The number of nitrogens with zero attached hydrogens (tertiary/aromatic N) is 1. The summed E-state index contributed by atoms with van der Waals surface area (Å²) < 4.78 is 0. The highest BCUT2D eigenvalue weighted by Crippen LogP contribution is 2.23. The number of nitrogens with two attached hydrogens (primary N) is 1. The Morgan fingerprint density at radius 1 is 0.938 bits per heavy atom. The molecule has 1 heterocycles. The molecule has 2 heteroatoms. The van der Waals surface area contributed by atoms with Crippen LogP contribution in [0.25, 0.3) is 0 Å². The summed E-state index contributed by atoms with van der Waals surface area (Å²) in [6.07, 6.45) is 10.8. The van der Waals surface area contributed by atoms with Crippen LogP contribution >= 0.6 is 0 Å². The molecule has 0 amide bonds. The average molecular weight is 226 g/mol. The van der Waals surface area contributed by atoms with Gasteiger partial charge in [0.05, 0.1) is 0 Å². The molecule has 0 atom stereocenters. The molecule has 1 aliphatic rings. The third kappa shape index (κ3) is 4.84. The van der Waals surface area contributed by atoms with Crippen molar-refractivity contribution in [2.24, 2.45) is 5.73 Å². The fourth-order valence-electron chi connectivity index (χ4n) is 2.77. The van der Waals surface area contributed by atoms with Crippen molar-refractivity contribution >= 4 is 0 Å². The van der Waals surface area contributed by atoms with Crippen molar-refractivity contribution in [3.63, 3.8) is 0 Å². The van der Waals surface area contributed by atoms with Gasteiger partial charge in [-0.1, -0.05) is 52.4 Å². The number of likely N-dealkylation sites (tertiary alicyclic amines) is 1. The van der Waals surface area contributed by atoms with Crippen molar-refractivity contribution in [2.75, 3.05) is 19.6 Å². The Balaban J connectivity index is 1.89. The summed E-state index contributed by atoms with van der Waals surface area (Å²) in [4.78, 5) is 2.52. The van der Waals surface area contributed by atoms with Crippen molar-refractivity contribution in [3.05, 3.63) is 0 Å². The molecule has 1 rings (SSSR count). The third-order valence-corrected chi connectivity index (χ3v) is 3.65. The zero-order chi connectivity index (χ0) is 11.9. The minimum absolute atomic E-state index is 0.164. The highest BCUT2D eigenvalue weighted by molar-refractivity contribution is 4.99. The molecule has 16 heavy (non-hydrogen) atoms. The Labute approximate surface area is 102 Å². The van der Waals surface area contributed by atoms with Crippen LogP contribution in [0.2, 0.25) is 0 Å². The molecule has 1 aliphatic heterocycles. The van der Waals surface area contributed by atoms with Crippen LogP contribution in [0.15, 0.2) is 0 Å². The summed E-state index contributed by atoms with van der Waals surface area (Å²) in [6, 6.07) is 0. The van der Waals surface area contributed by atoms with E-state index in [2.05, 4.69) is 18.7 Å². The monoisotopic (exact) mass is 226 g/mol. The smallest absolute Gasteiger partial charge is 0.0412 e. The van der Waals surface area contributed by atoms with Gasteiger partial charge in [0.1, 0.15) is 0 Å². The molecule has 0 unspecified atom stereocenters. The van der Waals surface area contributed by atoms with E-state index in [1.165, 1.54) is 57.9 Å². The molecule has 2 nitrogen and oxygen atoms in total. The van der Waals surface area contributed by atoms with E-state index in [0.29, 0.717) is 0 Å². The maximum atomic E-state index is 6.23. The van der Waals surface area contributed by atoms with E-state index in [0.717, 1.165) is 13.1 Å². The molecule has 0 saturated carbocycles. The second kappa shape index (κ2) is 7.29. The quantitative estimate of drug-likeness (QED) is 0.612. The van der Waals surface area contributed by atoms with E-state index in [4.69, 9.17) is 5.73 Å². The Hall–Kier alpha value is -0.0800. The van der Waals surface area contributed by atoms with Crippen molar-refractivity contribution in [2.45, 2.75) is 70.8 Å². The number of unbranched alkanes of at least 4 members (excludes halogenated alkanes) is 5. The van der Waals surface area contributed by atoms with Crippen LogP contribution in [0, 0.1) is 0 Å². The fraction of sp³-hybridized carbons (Fsp3) is 1.00. The maximum absolute atomic E-state index is 6.23. The first-order chi connectivity index (χ1) is 7.70. The molecule has 0 aromatic heterocycles. The Morgan fingerprint density at radius 2 is 1.56 bits per heavy atom. The van der Waals surface area contributed by atoms with Gasteiger partial charge in [0.15, 0.2) is 0 Å². The highest BCUT2D eigenvalue weighted by atomic mass is 15.2. The zero-order valence-electron chi connectivity index (χ0n) is 11.3. The van der Waals surface area contributed by atoms with Crippen LogP contribution in [0.1, 0.15) is 65.2 Å². The first-order valence-corrected chi connectivity index (χ1v) is 7.21. The fourth-order valence-corrected chi connectivity index (χ4v) is 2.77. The van der Waals surface area contributed by atoms with Gasteiger partial charge in [-0.3, -0.25) is 4.90 Å². The topological polar surface area (TPSA) is 29.3 Å². The predicted octanol–water partition coefficient (Wildman–Crippen LogP) is 3.16. The van der Waals surface area contributed by atoms with Crippen LogP contribution in [0.4, 0.5) is 0 Å². The zero-order valence-corrected chi connectivity index (χ0v) is 11.3. The molecular weight excluding hydrogens is 196 g/mol. The van der Waals surface area contributed by atoms with Crippen LogP contribution < -0.4 is 5.73 Å². The molecule has 0 radical (unpaired) electrons. The molecule has 0 bridgehead atoms. The summed E-state index contributed by atoms with van der Waals surface area (Å²) in [7, 11) is 0. The standard InChI is InChI=1S/C14H30N2/c1-3-5-6-7-8-9-11-16-12-14(15,13-16)10-4-2/h3-13,15H2,1-2H3. The van der Waals surface area contributed by atoms with Gasteiger partial charge < -0.3 is 5.73 Å². The van der Waals surface area contributed by atoms with E-state index in [1.54, 1.807) is 0 Å². The first-order valence-electron chi connectivity index (χ1n) is 7.21. The summed E-state index contributed by atoms with van der Waals surface area (Å²) in [5.74, 6) is 0. The lowest BCUT2D eigenvalue weighted by Gasteiger charge is -2.48. The van der Waals surface area contributed by atoms with Gasteiger partial charge in [0.2, 0.25) is 0 Å². The molecular formula is C14H30N2. The van der Waals surface area contributed by atoms with Crippen LogP contribution in [-0.2, 0) is 0 Å². The van der Waals surface area contributed by atoms with Crippen LogP contribution in [-0.4, -0.2) is 30.1 Å². The molecule has 96 valence electrons. The summed E-state index contributed by atoms with van der Waals surface area (Å²) >= 11 is 0. The van der Waals surface area contributed by atoms with E-state index in [9.17, 15) is 0 Å².